The van der Waals surface area contributed by atoms with E-state index in [1.165, 1.54) is 36.3 Å². The summed E-state index contributed by atoms with van der Waals surface area (Å²) < 4.78 is 29.0. The summed E-state index contributed by atoms with van der Waals surface area (Å²) in [7, 11) is 1.23. The molecule has 2 aromatic carbocycles. The number of unbranched alkanes of at least 4 members (excludes halogenated alkanes) is 1. The number of carbonyl (C=O) groups is 2. The molecule has 7 heteroatoms. The van der Waals surface area contributed by atoms with Gasteiger partial charge in [0, 0.05) is 5.69 Å². The minimum atomic E-state index is -1.13. The molecular weight excluding hydrogens is 365 g/mol. The molecule has 1 aliphatic rings. The van der Waals surface area contributed by atoms with Crippen molar-refractivity contribution in [2.75, 3.05) is 18.6 Å². The van der Waals surface area contributed by atoms with Gasteiger partial charge in [0.2, 0.25) is 6.10 Å². The van der Waals surface area contributed by atoms with E-state index < -0.39 is 30.0 Å². The minimum Gasteiger partial charge on any atom is -0.494 e. The Morgan fingerprint density at radius 2 is 1.82 bits per heavy atom. The Labute approximate surface area is 162 Å². The van der Waals surface area contributed by atoms with Crippen molar-refractivity contribution >= 4 is 17.7 Å². The molecule has 1 amide bonds. The van der Waals surface area contributed by atoms with Gasteiger partial charge in [-0.05, 0) is 48.4 Å². The van der Waals surface area contributed by atoms with Crippen molar-refractivity contribution in [2.24, 2.45) is 0 Å². The average molecular weight is 387 g/mol. The zero-order valence-corrected chi connectivity index (χ0v) is 15.8. The molecule has 2 aromatic rings. The fourth-order valence-electron chi connectivity index (χ4n) is 3.06. The van der Waals surface area contributed by atoms with E-state index >= 15 is 0 Å². The molecular formula is C21H22FNO5. The highest BCUT2D eigenvalue weighted by Gasteiger charge is 2.48. The maximum absolute atomic E-state index is 13.3. The van der Waals surface area contributed by atoms with Crippen LogP contribution in [0.3, 0.4) is 0 Å². The molecule has 0 saturated carbocycles. The number of anilines is 1. The van der Waals surface area contributed by atoms with Gasteiger partial charge in [0.1, 0.15) is 17.6 Å². The maximum atomic E-state index is 13.3. The summed E-state index contributed by atoms with van der Waals surface area (Å²) in [6.07, 6.45) is 0.160. The van der Waals surface area contributed by atoms with Crippen molar-refractivity contribution in [1.82, 2.24) is 0 Å². The quantitative estimate of drug-likeness (QED) is 0.525. The Balaban J connectivity index is 1.92. The van der Waals surface area contributed by atoms with Crippen LogP contribution in [0, 0.1) is 5.82 Å². The second-order valence-corrected chi connectivity index (χ2v) is 6.39. The molecule has 0 spiro atoms. The first-order valence-electron chi connectivity index (χ1n) is 9.11. The Bertz CT molecular complexity index is 822. The lowest BCUT2D eigenvalue weighted by atomic mass is 10.00. The van der Waals surface area contributed by atoms with Crippen LogP contribution in [0.25, 0.3) is 0 Å². The smallest absolute Gasteiger partial charge is 0.415 e. The fourth-order valence-corrected chi connectivity index (χ4v) is 3.06. The van der Waals surface area contributed by atoms with E-state index in [0.717, 1.165) is 12.8 Å². The van der Waals surface area contributed by atoms with E-state index in [1.807, 2.05) is 0 Å². The fraction of sp³-hybridized carbons (Fsp3) is 0.333. The van der Waals surface area contributed by atoms with Gasteiger partial charge in [0.05, 0.1) is 13.7 Å². The predicted octanol–water partition coefficient (Wildman–Crippen LogP) is 4.24. The van der Waals surface area contributed by atoms with E-state index in [9.17, 15) is 14.0 Å². The number of ether oxygens (including phenoxy) is 3. The molecule has 0 radical (unpaired) electrons. The topological polar surface area (TPSA) is 65.1 Å². The molecule has 1 fully saturated rings. The molecule has 0 aromatic heterocycles. The van der Waals surface area contributed by atoms with Gasteiger partial charge >= 0.3 is 12.1 Å². The Hall–Kier alpha value is -3.09. The number of rotatable bonds is 7. The minimum absolute atomic E-state index is 0.422. The highest BCUT2D eigenvalue weighted by molar-refractivity contribution is 5.95. The summed E-state index contributed by atoms with van der Waals surface area (Å²) in [5.41, 5.74) is 1.10. The third kappa shape index (κ3) is 4.08. The van der Waals surface area contributed by atoms with Crippen molar-refractivity contribution < 1.29 is 28.2 Å². The number of hydrogen-bond donors (Lipinski definition) is 0. The van der Waals surface area contributed by atoms with Gasteiger partial charge in [0.25, 0.3) is 0 Å². The van der Waals surface area contributed by atoms with Crippen LogP contribution >= 0.6 is 0 Å². The summed E-state index contributed by atoms with van der Waals surface area (Å²) >= 11 is 0. The lowest BCUT2D eigenvalue weighted by Gasteiger charge is -2.24. The van der Waals surface area contributed by atoms with Crippen molar-refractivity contribution in [3.8, 4) is 5.75 Å². The molecule has 6 nitrogen and oxygen atoms in total. The number of hydrogen-bond acceptors (Lipinski definition) is 5. The lowest BCUT2D eigenvalue weighted by molar-refractivity contribution is -0.149. The maximum Gasteiger partial charge on any atom is 0.415 e. The van der Waals surface area contributed by atoms with Crippen LogP contribution < -0.4 is 9.64 Å². The summed E-state index contributed by atoms with van der Waals surface area (Å²) in [4.78, 5) is 26.0. The molecule has 1 unspecified atom stereocenters. The van der Waals surface area contributed by atoms with Gasteiger partial charge in [-0.2, -0.15) is 0 Å². The third-order valence-corrected chi connectivity index (χ3v) is 4.52. The molecule has 1 saturated heterocycles. The van der Waals surface area contributed by atoms with Crippen LogP contribution in [-0.4, -0.2) is 31.9 Å². The molecule has 1 heterocycles. The molecule has 1 aliphatic heterocycles. The molecule has 28 heavy (non-hydrogen) atoms. The molecule has 3 rings (SSSR count). The average Bonchev–Trinajstić information content (AvgIpc) is 3.06. The summed E-state index contributed by atoms with van der Waals surface area (Å²) in [6.45, 7) is 2.70. The van der Waals surface area contributed by atoms with Crippen LogP contribution in [0.5, 0.6) is 5.75 Å². The van der Waals surface area contributed by atoms with Gasteiger partial charge in [-0.15, -0.1) is 0 Å². The van der Waals surface area contributed by atoms with Crippen molar-refractivity contribution in [2.45, 2.75) is 31.9 Å². The number of carbonyl (C=O) groups excluding carboxylic acids is 2. The normalized spacial score (nSPS) is 18.7. The number of methoxy groups -OCH3 is 1. The van der Waals surface area contributed by atoms with Crippen molar-refractivity contribution in [3.05, 3.63) is 59.9 Å². The van der Waals surface area contributed by atoms with Crippen LogP contribution in [0.1, 0.15) is 31.4 Å². The molecule has 0 aliphatic carbocycles. The molecule has 0 bridgehead atoms. The van der Waals surface area contributed by atoms with Gasteiger partial charge in [-0.1, -0.05) is 25.5 Å². The van der Waals surface area contributed by atoms with E-state index in [0.29, 0.717) is 23.6 Å². The number of cyclic esters (lactones) is 1. The van der Waals surface area contributed by atoms with Crippen LogP contribution in [0.4, 0.5) is 14.9 Å². The molecule has 0 N–H and O–H groups in total. The Kier molecular flexibility index (Phi) is 6.13. The third-order valence-electron chi connectivity index (χ3n) is 4.52. The Morgan fingerprint density at radius 1 is 1.14 bits per heavy atom. The van der Waals surface area contributed by atoms with Crippen LogP contribution in [0.2, 0.25) is 0 Å². The summed E-state index contributed by atoms with van der Waals surface area (Å²) in [6, 6.07) is 11.8. The van der Waals surface area contributed by atoms with E-state index in [4.69, 9.17) is 14.2 Å². The molecule has 148 valence electrons. The van der Waals surface area contributed by atoms with Crippen LogP contribution in [0.15, 0.2) is 48.5 Å². The predicted molar refractivity (Wildman–Crippen MR) is 101 cm³/mol. The SMILES string of the molecule is CCCCOc1ccc(C2[C@@H](C(=O)OC)OC(=O)N2c2ccc(F)cc2)cc1. The zero-order valence-electron chi connectivity index (χ0n) is 15.8. The molecule has 2 atom stereocenters. The van der Waals surface area contributed by atoms with Gasteiger partial charge in [-0.3, -0.25) is 4.90 Å². The second kappa shape index (κ2) is 8.73. The van der Waals surface area contributed by atoms with Gasteiger partial charge in [-0.25, -0.2) is 14.0 Å². The number of nitrogens with zero attached hydrogens (tertiary/aromatic N) is 1. The van der Waals surface area contributed by atoms with Crippen molar-refractivity contribution in [3.63, 3.8) is 0 Å². The Morgan fingerprint density at radius 3 is 2.43 bits per heavy atom. The van der Waals surface area contributed by atoms with Gasteiger partial charge in [0.15, 0.2) is 0 Å². The highest BCUT2D eigenvalue weighted by Crippen LogP contribution is 2.38. The second-order valence-electron chi connectivity index (χ2n) is 6.39. The van der Waals surface area contributed by atoms with E-state index in [-0.39, 0.29) is 0 Å². The number of amides is 1. The summed E-state index contributed by atoms with van der Waals surface area (Å²) in [5, 5.41) is 0. The lowest BCUT2D eigenvalue weighted by Crippen LogP contribution is -2.33. The largest absolute Gasteiger partial charge is 0.494 e. The van der Waals surface area contributed by atoms with Crippen LogP contribution in [-0.2, 0) is 14.3 Å². The zero-order chi connectivity index (χ0) is 20.1. The van der Waals surface area contributed by atoms with Gasteiger partial charge < -0.3 is 14.2 Å². The highest BCUT2D eigenvalue weighted by atomic mass is 19.1. The van der Waals surface area contributed by atoms with E-state index in [1.54, 1.807) is 24.3 Å². The number of benzene rings is 2. The standard InChI is InChI=1S/C21H22FNO5/c1-3-4-13-27-17-11-5-14(6-12-17)18-19(20(24)26-2)28-21(25)23(18)16-9-7-15(22)8-10-16/h5-12,18-19H,3-4,13H2,1-2H3/t18?,19-/m0/s1. The van der Waals surface area contributed by atoms with E-state index in [2.05, 4.69) is 6.92 Å². The monoisotopic (exact) mass is 387 g/mol. The first kappa shape index (κ1) is 19.7. The first-order chi connectivity index (χ1) is 13.5. The first-order valence-corrected chi connectivity index (χ1v) is 9.11. The number of halogens is 1. The van der Waals surface area contributed by atoms with Crippen molar-refractivity contribution in [1.29, 1.82) is 0 Å². The number of esters is 1. The summed E-state index contributed by atoms with van der Waals surface area (Å²) in [5.74, 6) is -0.386.